The van der Waals surface area contributed by atoms with Crippen molar-refractivity contribution in [3.05, 3.63) is 22.2 Å². The Balaban J connectivity index is 2.30. The van der Waals surface area contributed by atoms with E-state index in [1.807, 2.05) is 0 Å². The molecule has 0 radical (unpaired) electrons. The molecule has 0 aliphatic carbocycles. The maximum absolute atomic E-state index is 11.8. The minimum absolute atomic E-state index is 0.217. The fourth-order valence-electron chi connectivity index (χ4n) is 2.02. The standard InChI is InChI=1S/C11H17N3O4/c1-7-5-14(10(16)13-9(7)12)8-3-4-11(6-15,17-2)18-8/h5,8,15H,3-4,6H2,1-2H3,(H2,12,13,16)/t8-,11-/m1/s1. The minimum Gasteiger partial charge on any atom is -0.391 e. The predicted octanol–water partition coefficient (Wildman–Crippen LogP) is -0.222. The number of nitrogens with two attached hydrogens (primary N) is 1. The van der Waals surface area contributed by atoms with Gasteiger partial charge in [-0.2, -0.15) is 4.98 Å². The van der Waals surface area contributed by atoms with Crippen LogP contribution in [0.4, 0.5) is 5.82 Å². The van der Waals surface area contributed by atoms with E-state index in [2.05, 4.69) is 4.98 Å². The normalized spacial score (nSPS) is 27.6. The van der Waals surface area contributed by atoms with Crippen molar-refractivity contribution in [2.45, 2.75) is 31.8 Å². The first-order valence-electron chi connectivity index (χ1n) is 5.70. The van der Waals surface area contributed by atoms with E-state index in [-0.39, 0.29) is 12.4 Å². The van der Waals surface area contributed by atoms with Crippen molar-refractivity contribution in [3.8, 4) is 0 Å². The van der Waals surface area contributed by atoms with Gasteiger partial charge in [0.05, 0.1) is 6.61 Å². The summed E-state index contributed by atoms with van der Waals surface area (Å²) in [5, 5.41) is 9.28. The van der Waals surface area contributed by atoms with Gasteiger partial charge in [0.15, 0.2) is 5.79 Å². The average Bonchev–Trinajstić information content (AvgIpc) is 2.79. The first kappa shape index (κ1) is 13.0. The van der Waals surface area contributed by atoms with E-state index in [1.165, 1.54) is 11.7 Å². The van der Waals surface area contributed by atoms with Crippen LogP contribution >= 0.6 is 0 Å². The number of nitrogens with zero attached hydrogens (tertiary/aromatic N) is 2. The van der Waals surface area contributed by atoms with Gasteiger partial charge in [0.1, 0.15) is 12.0 Å². The molecule has 1 aromatic heterocycles. The van der Waals surface area contributed by atoms with Gasteiger partial charge in [-0.15, -0.1) is 0 Å². The van der Waals surface area contributed by atoms with Crippen LogP contribution in [-0.2, 0) is 9.47 Å². The Morgan fingerprint density at radius 1 is 1.78 bits per heavy atom. The maximum atomic E-state index is 11.8. The molecule has 0 saturated carbocycles. The molecule has 1 saturated heterocycles. The fourth-order valence-corrected chi connectivity index (χ4v) is 2.02. The summed E-state index contributed by atoms with van der Waals surface area (Å²) in [6, 6.07) is 0. The number of ether oxygens (including phenoxy) is 2. The van der Waals surface area contributed by atoms with Gasteiger partial charge in [0, 0.05) is 25.3 Å². The molecule has 3 N–H and O–H groups in total. The summed E-state index contributed by atoms with van der Waals surface area (Å²) in [4.78, 5) is 15.5. The van der Waals surface area contributed by atoms with Crippen LogP contribution in [0.15, 0.2) is 11.0 Å². The van der Waals surface area contributed by atoms with Crippen LogP contribution in [0.3, 0.4) is 0 Å². The molecule has 7 nitrogen and oxygen atoms in total. The summed E-state index contributed by atoms with van der Waals surface area (Å²) in [6.45, 7) is 1.51. The molecule has 1 fully saturated rings. The van der Waals surface area contributed by atoms with Crippen LogP contribution in [0, 0.1) is 6.92 Å². The number of rotatable bonds is 3. The van der Waals surface area contributed by atoms with E-state index in [1.54, 1.807) is 13.1 Å². The lowest BCUT2D eigenvalue weighted by Crippen LogP contribution is -2.36. The number of aliphatic hydroxyl groups is 1. The summed E-state index contributed by atoms with van der Waals surface area (Å²) in [5.41, 5.74) is 5.80. The van der Waals surface area contributed by atoms with Gasteiger partial charge in [0.2, 0.25) is 0 Å². The molecule has 1 aliphatic heterocycles. The molecule has 0 spiro atoms. The third-order valence-electron chi connectivity index (χ3n) is 3.22. The molecule has 7 heteroatoms. The lowest BCUT2D eigenvalue weighted by Gasteiger charge is -2.25. The Morgan fingerprint density at radius 3 is 3.06 bits per heavy atom. The molecule has 2 atom stereocenters. The number of nitrogen functional groups attached to an aromatic ring is 1. The average molecular weight is 255 g/mol. The second-order valence-corrected chi connectivity index (χ2v) is 4.38. The molecule has 1 aliphatic rings. The molecular weight excluding hydrogens is 238 g/mol. The molecule has 2 heterocycles. The second-order valence-electron chi connectivity index (χ2n) is 4.38. The first-order chi connectivity index (χ1) is 8.51. The molecule has 0 aromatic carbocycles. The van der Waals surface area contributed by atoms with E-state index in [4.69, 9.17) is 15.2 Å². The smallest absolute Gasteiger partial charge is 0.351 e. The molecular formula is C11H17N3O4. The van der Waals surface area contributed by atoms with E-state index in [0.29, 0.717) is 18.4 Å². The number of aryl methyl sites for hydroxylation is 1. The van der Waals surface area contributed by atoms with Crippen LogP contribution in [0.2, 0.25) is 0 Å². The van der Waals surface area contributed by atoms with Crippen LogP contribution < -0.4 is 11.4 Å². The Hall–Kier alpha value is -1.44. The van der Waals surface area contributed by atoms with Crippen molar-refractivity contribution in [2.75, 3.05) is 19.5 Å². The molecule has 1 aromatic rings. The maximum Gasteiger partial charge on any atom is 0.351 e. The molecule has 0 amide bonds. The van der Waals surface area contributed by atoms with E-state index < -0.39 is 17.7 Å². The molecule has 100 valence electrons. The molecule has 0 bridgehead atoms. The lowest BCUT2D eigenvalue weighted by molar-refractivity contribution is -0.242. The van der Waals surface area contributed by atoms with Gasteiger partial charge >= 0.3 is 5.69 Å². The summed E-state index contributed by atoms with van der Waals surface area (Å²) >= 11 is 0. The fraction of sp³-hybridized carbons (Fsp3) is 0.636. The van der Waals surface area contributed by atoms with Gasteiger partial charge in [-0.3, -0.25) is 4.57 Å². The van der Waals surface area contributed by atoms with Crippen molar-refractivity contribution < 1.29 is 14.6 Å². The van der Waals surface area contributed by atoms with Crippen LogP contribution in [0.1, 0.15) is 24.6 Å². The summed E-state index contributed by atoms with van der Waals surface area (Å²) in [5.74, 6) is -0.811. The second kappa shape index (κ2) is 4.68. The minimum atomic E-state index is -1.03. The molecule has 18 heavy (non-hydrogen) atoms. The number of anilines is 1. The Bertz CT molecular complexity index is 496. The predicted molar refractivity (Wildman–Crippen MR) is 63.8 cm³/mol. The monoisotopic (exact) mass is 255 g/mol. The Labute approximate surface area is 104 Å². The molecule has 0 unspecified atom stereocenters. The third kappa shape index (κ3) is 2.12. The zero-order chi connectivity index (χ0) is 13.3. The number of methoxy groups -OCH3 is 1. The number of hydrogen-bond donors (Lipinski definition) is 2. The highest BCUT2D eigenvalue weighted by Gasteiger charge is 2.41. The number of hydrogen-bond acceptors (Lipinski definition) is 6. The highest BCUT2D eigenvalue weighted by molar-refractivity contribution is 5.35. The lowest BCUT2D eigenvalue weighted by atomic mass is 10.2. The number of aromatic nitrogens is 2. The summed E-state index contributed by atoms with van der Waals surface area (Å²) in [7, 11) is 1.47. The van der Waals surface area contributed by atoms with Crippen molar-refractivity contribution in [1.82, 2.24) is 9.55 Å². The van der Waals surface area contributed by atoms with Gasteiger partial charge in [0.25, 0.3) is 0 Å². The third-order valence-corrected chi connectivity index (χ3v) is 3.22. The number of aliphatic hydroxyl groups excluding tert-OH is 1. The van der Waals surface area contributed by atoms with Gasteiger partial charge < -0.3 is 20.3 Å². The first-order valence-corrected chi connectivity index (χ1v) is 5.70. The van der Waals surface area contributed by atoms with E-state index in [0.717, 1.165) is 0 Å². The van der Waals surface area contributed by atoms with Crippen molar-refractivity contribution in [2.24, 2.45) is 0 Å². The largest absolute Gasteiger partial charge is 0.391 e. The zero-order valence-corrected chi connectivity index (χ0v) is 10.4. The highest BCUT2D eigenvalue weighted by Crippen LogP contribution is 2.36. The van der Waals surface area contributed by atoms with E-state index in [9.17, 15) is 9.90 Å². The zero-order valence-electron chi connectivity index (χ0n) is 10.4. The SMILES string of the molecule is CO[C@]1(CO)CC[C@H](n2cc(C)c(N)nc2=O)O1. The van der Waals surface area contributed by atoms with Crippen LogP contribution in [0.25, 0.3) is 0 Å². The van der Waals surface area contributed by atoms with Crippen molar-refractivity contribution in [3.63, 3.8) is 0 Å². The summed E-state index contributed by atoms with van der Waals surface area (Å²) < 4.78 is 12.2. The quantitative estimate of drug-likeness (QED) is 0.774. The molecule has 2 rings (SSSR count). The van der Waals surface area contributed by atoms with E-state index >= 15 is 0 Å². The van der Waals surface area contributed by atoms with Crippen molar-refractivity contribution >= 4 is 5.82 Å². The topological polar surface area (TPSA) is 99.6 Å². The van der Waals surface area contributed by atoms with Crippen LogP contribution in [-0.4, -0.2) is 34.2 Å². The Kier molecular flexibility index (Phi) is 3.38. The van der Waals surface area contributed by atoms with Gasteiger partial charge in [-0.1, -0.05) is 0 Å². The van der Waals surface area contributed by atoms with Gasteiger partial charge in [-0.25, -0.2) is 4.79 Å². The van der Waals surface area contributed by atoms with Crippen molar-refractivity contribution in [1.29, 1.82) is 0 Å². The van der Waals surface area contributed by atoms with Crippen LogP contribution in [0.5, 0.6) is 0 Å². The highest BCUT2D eigenvalue weighted by atomic mass is 16.7. The summed E-state index contributed by atoms with van der Waals surface area (Å²) in [6.07, 6.45) is 2.20. The Morgan fingerprint density at radius 2 is 2.50 bits per heavy atom. The van der Waals surface area contributed by atoms with Gasteiger partial charge in [-0.05, 0) is 13.3 Å².